The summed E-state index contributed by atoms with van der Waals surface area (Å²) >= 11 is 0. The smallest absolute Gasteiger partial charge is 0.128 e. The fraction of sp³-hybridized carbons (Fsp3) is 0.941. The van der Waals surface area contributed by atoms with Crippen molar-refractivity contribution in [3.05, 3.63) is 6.10 Å². The van der Waals surface area contributed by atoms with E-state index in [1.165, 1.54) is 44.9 Å². The van der Waals surface area contributed by atoms with Crippen LogP contribution in [-0.4, -0.2) is 45.7 Å². The first-order valence-corrected chi connectivity index (χ1v) is 8.72. The van der Waals surface area contributed by atoms with E-state index in [2.05, 4.69) is 0 Å². The van der Waals surface area contributed by atoms with Crippen LogP contribution in [0.25, 0.3) is 0 Å². The summed E-state index contributed by atoms with van der Waals surface area (Å²) in [6.07, 6.45) is 12.5. The van der Waals surface area contributed by atoms with Crippen molar-refractivity contribution < 1.29 is 18.9 Å². The minimum atomic E-state index is -0.0189. The van der Waals surface area contributed by atoms with E-state index in [1.807, 2.05) is 0 Å². The molecule has 4 heteroatoms. The Bertz CT molecular complexity index is 225. The molecule has 0 aromatic carbocycles. The minimum absolute atomic E-state index is 0.0189. The highest BCUT2D eigenvalue weighted by molar-refractivity contribution is 4.89. The molecule has 0 aliphatic carbocycles. The van der Waals surface area contributed by atoms with E-state index in [1.54, 1.807) is 0 Å². The number of ether oxygens (including phenoxy) is 4. The van der Waals surface area contributed by atoms with Crippen molar-refractivity contribution in [2.75, 3.05) is 39.6 Å². The second-order valence-corrected chi connectivity index (χ2v) is 5.94. The normalized spacial score (nSPS) is 29.4. The first kappa shape index (κ1) is 17.2. The Hall–Kier alpha value is -0.160. The molecule has 0 bridgehead atoms. The molecule has 0 aromatic heterocycles. The van der Waals surface area contributed by atoms with Gasteiger partial charge in [-0.05, 0) is 12.8 Å². The van der Waals surface area contributed by atoms with E-state index >= 15 is 0 Å². The van der Waals surface area contributed by atoms with Gasteiger partial charge in [0.1, 0.15) is 12.2 Å². The zero-order valence-electron chi connectivity index (χ0n) is 13.3. The van der Waals surface area contributed by atoms with Gasteiger partial charge in [-0.25, -0.2) is 0 Å². The van der Waals surface area contributed by atoms with Gasteiger partial charge in [0.25, 0.3) is 0 Å². The van der Waals surface area contributed by atoms with Gasteiger partial charge in [-0.1, -0.05) is 44.9 Å². The fourth-order valence-electron chi connectivity index (χ4n) is 2.88. The van der Waals surface area contributed by atoms with Crippen molar-refractivity contribution in [3.63, 3.8) is 0 Å². The summed E-state index contributed by atoms with van der Waals surface area (Å²) < 4.78 is 23.0. The van der Waals surface area contributed by atoms with Crippen molar-refractivity contribution in [1.29, 1.82) is 0 Å². The van der Waals surface area contributed by atoms with Crippen LogP contribution in [0.4, 0.5) is 0 Å². The molecule has 2 fully saturated rings. The number of rotatable bonds is 1. The molecule has 0 N–H and O–H groups in total. The maximum Gasteiger partial charge on any atom is 0.128 e. The number of hydrogen-bond acceptors (Lipinski definition) is 4. The van der Waals surface area contributed by atoms with Crippen LogP contribution in [0.2, 0.25) is 0 Å². The van der Waals surface area contributed by atoms with E-state index in [4.69, 9.17) is 18.9 Å². The van der Waals surface area contributed by atoms with Gasteiger partial charge in [0.15, 0.2) is 0 Å². The van der Waals surface area contributed by atoms with Crippen LogP contribution in [0.5, 0.6) is 0 Å². The molecule has 1 unspecified atom stereocenters. The Morgan fingerprint density at radius 3 is 2.14 bits per heavy atom. The second-order valence-electron chi connectivity index (χ2n) is 5.94. The van der Waals surface area contributed by atoms with Gasteiger partial charge >= 0.3 is 0 Å². The van der Waals surface area contributed by atoms with Gasteiger partial charge in [0, 0.05) is 6.61 Å². The van der Waals surface area contributed by atoms with Crippen molar-refractivity contribution in [2.45, 2.75) is 63.9 Å². The number of hydrogen-bond donors (Lipinski definition) is 0. The highest BCUT2D eigenvalue weighted by atomic mass is 16.6. The third kappa shape index (κ3) is 7.59. The van der Waals surface area contributed by atoms with Gasteiger partial charge in [0.2, 0.25) is 0 Å². The van der Waals surface area contributed by atoms with E-state index in [-0.39, 0.29) is 6.10 Å². The first-order chi connectivity index (χ1) is 10.5. The molecule has 0 spiro atoms. The van der Waals surface area contributed by atoms with Crippen LogP contribution in [0.15, 0.2) is 0 Å². The van der Waals surface area contributed by atoms with E-state index < -0.39 is 0 Å². The van der Waals surface area contributed by atoms with Gasteiger partial charge in [0.05, 0.1) is 33.0 Å². The summed E-state index contributed by atoms with van der Waals surface area (Å²) in [6.45, 7) is 4.00. The van der Waals surface area contributed by atoms with Crippen LogP contribution >= 0.6 is 0 Å². The summed E-state index contributed by atoms with van der Waals surface area (Å²) in [5, 5.41) is 0. The summed E-state index contributed by atoms with van der Waals surface area (Å²) in [4.78, 5) is 0. The molecule has 2 aliphatic rings. The van der Waals surface area contributed by atoms with Crippen molar-refractivity contribution >= 4 is 0 Å². The first-order valence-electron chi connectivity index (χ1n) is 8.72. The molecule has 21 heavy (non-hydrogen) atoms. The molecule has 1 atom stereocenters. The van der Waals surface area contributed by atoms with Crippen LogP contribution in [-0.2, 0) is 18.9 Å². The molecule has 1 radical (unpaired) electrons. The lowest BCUT2D eigenvalue weighted by atomic mass is 10.0. The average molecular weight is 299 g/mol. The zero-order chi connectivity index (χ0) is 14.6. The predicted molar refractivity (Wildman–Crippen MR) is 82.1 cm³/mol. The van der Waals surface area contributed by atoms with E-state index in [0.29, 0.717) is 33.0 Å². The Labute approximate surface area is 129 Å². The molecular weight excluding hydrogens is 268 g/mol. The van der Waals surface area contributed by atoms with Gasteiger partial charge in [-0.3, -0.25) is 0 Å². The van der Waals surface area contributed by atoms with Gasteiger partial charge in [-0.15, -0.1) is 0 Å². The molecule has 0 amide bonds. The molecule has 123 valence electrons. The Morgan fingerprint density at radius 2 is 1.29 bits per heavy atom. The molecule has 0 aromatic rings. The Kier molecular flexibility index (Phi) is 9.35. The van der Waals surface area contributed by atoms with Crippen LogP contribution in [0.3, 0.4) is 0 Å². The maximum atomic E-state index is 6.06. The lowest BCUT2D eigenvalue weighted by Gasteiger charge is -2.26. The monoisotopic (exact) mass is 299 g/mol. The topological polar surface area (TPSA) is 36.9 Å². The van der Waals surface area contributed by atoms with Crippen molar-refractivity contribution in [1.82, 2.24) is 0 Å². The molecule has 2 rings (SSSR count). The molecular formula is C17H31O4. The third-order valence-electron chi connectivity index (χ3n) is 4.15. The largest absolute Gasteiger partial charge is 0.377 e. The van der Waals surface area contributed by atoms with Crippen molar-refractivity contribution in [2.24, 2.45) is 0 Å². The quantitative estimate of drug-likeness (QED) is 0.742. The molecule has 2 heterocycles. The summed E-state index contributed by atoms with van der Waals surface area (Å²) in [5.41, 5.74) is 0. The predicted octanol–water partition coefficient (Wildman–Crippen LogP) is 3.49. The lowest BCUT2D eigenvalue weighted by Crippen LogP contribution is -2.30. The van der Waals surface area contributed by atoms with Gasteiger partial charge in [-0.2, -0.15) is 0 Å². The Morgan fingerprint density at radius 1 is 0.619 bits per heavy atom. The Balaban J connectivity index is 1.81. The highest BCUT2D eigenvalue weighted by Crippen LogP contribution is 2.23. The standard InChI is InChI=1S/C17H31O4/c1-2-4-6-8-10-20-16(9-7-5-3-1)17-15-19-12-11-18-13-14-21-17/h17H,1-15H2. The van der Waals surface area contributed by atoms with E-state index in [9.17, 15) is 0 Å². The molecule has 2 saturated heterocycles. The summed E-state index contributed by atoms with van der Waals surface area (Å²) in [7, 11) is 0. The highest BCUT2D eigenvalue weighted by Gasteiger charge is 2.25. The van der Waals surface area contributed by atoms with Gasteiger partial charge < -0.3 is 18.9 Å². The molecule has 2 aliphatic heterocycles. The molecule has 0 saturated carbocycles. The van der Waals surface area contributed by atoms with Crippen LogP contribution in [0.1, 0.15) is 57.8 Å². The minimum Gasteiger partial charge on any atom is -0.377 e. The zero-order valence-corrected chi connectivity index (χ0v) is 13.3. The van der Waals surface area contributed by atoms with Crippen LogP contribution in [0, 0.1) is 6.10 Å². The third-order valence-corrected chi connectivity index (χ3v) is 4.15. The maximum absolute atomic E-state index is 6.06. The summed E-state index contributed by atoms with van der Waals surface area (Å²) in [5.74, 6) is 0. The molecule has 4 nitrogen and oxygen atoms in total. The van der Waals surface area contributed by atoms with E-state index in [0.717, 1.165) is 25.6 Å². The summed E-state index contributed by atoms with van der Waals surface area (Å²) in [6, 6.07) is 0. The lowest BCUT2D eigenvalue weighted by molar-refractivity contribution is -0.0540. The SMILES string of the molecule is C1CCCCC[C](C2COCCOCCO2)OCCCC1. The fourth-order valence-corrected chi connectivity index (χ4v) is 2.88. The second kappa shape index (κ2) is 11.4. The van der Waals surface area contributed by atoms with Crippen molar-refractivity contribution in [3.8, 4) is 0 Å². The average Bonchev–Trinajstić information content (AvgIpc) is 2.62. The van der Waals surface area contributed by atoms with Crippen LogP contribution < -0.4 is 0 Å².